The number of benzene rings is 1. The van der Waals surface area contributed by atoms with Crippen molar-refractivity contribution in [3.8, 4) is 0 Å². The molecular weight excluding hydrogens is 310 g/mol. The molecule has 5 heteroatoms. The SMILES string of the molecule is CCC1CCCC(n2c(CCl)nc3cc(Cl)c(F)cc32)C1. The van der Waals surface area contributed by atoms with Crippen LogP contribution in [-0.4, -0.2) is 9.55 Å². The molecule has 0 amide bonds. The zero-order chi connectivity index (χ0) is 15.0. The quantitative estimate of drug-likeness (QED) is 0.660. The second-order valence-corrected chi connectivity index (χ2v) is 6.56. The molecule has 114 valence electrons. The molecule has 2 aromatic rings. The summed E-state index contributed by atoms with van der Waals surface area (Å²) in [4.78, 5) is 4.54. The molecule has 2 unspecified atom stereocenters. The highest BCUT2D eigenvalue weighted by Crippen LogP contribution is 2.37. The van der Waals surface area contributed by atoms with Gasteiger partial charge in [-0.2, -0.15) is 0 Å². The Hall–Kier alpha value is -0.800. The normalized spacial score (nSPS) is 22.9. The highest BCUT2D eigenvalue weighted by molar-refractivity contribution is 6.31. The average molecular weight is 329 g/mol. The molecule has 0 saturated heterocycles. The van der Waals surface area contributed by atoms with E-state index in [2.05, 4.69) is 16.5 Å². The van der Waals surface area contributed by atoms with Crippen LogP contribution in [-0.2, 0) is 5.88 Å². The van der Waals surface area contributed by atoms with Crippen LogP contribution in [0.25, 0.3) is 11.0 Å². The second-order valence-electron chi connectivity index (χ2n) is 5.88. The number of aromatic nitrogens is 2. The molecule has 3 rings (SSSR count). The van der Waals surface area contributed by atoms with Crippen molar-refractivity contribution in [1.29, 1.82) is 0 Å². The number of fused-ring (bicyclic) bond motifs is 1. The fraction of sp³-hybridized carbons (Fsp3) is 0.562. The summed E-state index contributed by atoms with van der Waals surface area (Å²) in [5.74, 6) is 1.49. The van der Waals surface area contributed by atoms with Crippen LogP contribution >= 0.6 is 23.2 Å². The van der Waals surface area contributed by atoms with Gasteiger partial charge in [-0.15, -0.1) is 11.6 Å². The van der Waals surface area contributed by atoms with Gasteiger partial charge in [0, 0.05) is 12.1 Å². The van der Waals surface area contributed by atoms with Gasteiger partial charge in [0.2, 0.25) is 0 Å². The lowest BCUT2D eigenvalue weighted by molar-refractivity contribution is 0.262. The molecule has 2 atom stereocenters. The van der Waals surface area contributed by atoms with Crippen molar-refractivity contribution >= 4 is 34.2 Å². The van der Waals surface area contributed by atoms with E-state index in [0.717, 1.165) is 35.6 Å². The third kappa shape index (κ3) is 2.78. The summed E-state index contributed by atoms with van der Waals surface area (Å²) in [7, 11) is 0. The zero-order valence-electron chi connectivity index (χ0n) is 12.1. The van der Waals surface area contributed by atoms with Gasteiger partial charge in [-0.3, -0.25) is 0 Å². The molecule has 1 aliphatic rings. The Morgan fingerprint density at radius 1 is 1.38 bits per heavy atom. The number of nitrogens with zero attached hydrogens (tertiary/aromatic N) is 2. The molecule has 1 heterocycles. The molecule has 2 nitrogen and oxygen atoms in total. The van der Waals surface area contributed by atoms with Gasteiger partial charge in [-0.1, -0.05) is 37.8 Å². The molecule has 1 fully saturated rings. The fourth-order valence-corrected chi connectivity index (χ4v) is 3.86. The first-order valence-corrected chi connectivity index (χ1v) is 8.47. The summed E-state index contributed by atoms with van der Waals surface area (Å²) in [6.07, 6.45) is 5.92. The van der Waals surface area contributed by atoms with Crippen LogP contribution in [0.3, 0.4) is 0 Å². The Morgan fingerprint density at radius 3 is 2.90 bits per heavy atom. The number of alkyl halides is 1. The predicted molar refractivity (Wildman–Crippen MR) is 85.5 cm³/mol. The van der Waals surface area contributed by atoms with E-state index in [0.29, 0.717) is 11.9 Å². The van der Waals surface area contributed by atoms with Gasteiger partial charge in [0.25, 0.3) is 0 Å². The van der Waals surface area contributed by atoms with Crippen LogP contribution in [0.15, 0.2) is 12.1 Å². The predicted octanol–water partition coefficient (Wildman–Crippen LogP) is 5.71. The maximum absolute atomic E-state index is 13.8. The molecule has 21 heavy (non-hydrogen) atoms. The first-order chi connectivity index (χ1) is 10.1. The molecule has 0 N–H and O–H groups in total. The molecule has 1 aromatic carbocycles. The monoisotopic (exact) mass is 328 g/mol. The molecule has 0 bridgehead atoms. The van der Waals surface area contributed by atoms with E-state index in [1.54, 1.807) is 6.07 Å². The average Bonchev–Trinajstić information content (AvgIpc) is 2.85. The summed E-state index contributed by atoms with van der Waals surface area (Å²) < 4.78 is 16.0. The van der Waals surface area contributed by atoms with Crippen molar-refractivity contribution in [2.24, 2.45) is 5.92 Å². The largest absolute Gasteiger partial charge is 0.324 e. The molecule has 1 aliphatic carbocycles. The highest BCUT2D eigenvalue weighted by atomic mass is 35.5. The van der Waals surface area contributed by atoms with E-state index in [1.807, 2.05) is 0 Å². The lowest BCUT2D eigenvalue weighted by atomic mass is 9.84. The maximum atomic E-state index is 13.8. The molecule has 0 spiro atoms. The van der Waals surface area contributed by atoms with E-state index in [1.165, 1.54) is 25.3 Å². The van der Waals surface area contributed by atoms with Crippen LogP contribution in [0.1, 0.15) is 50.9 Å². The van der Waals surface area contributed by atoms with Crippen molar-refractivity contribution in [1.82, 2.24) is 9.55 Å². The summed E-state index contributed by atoms with van der Waals surface area (Å²) in [5.41, 5.74) is 1.55. The molecule has 0 radical (unpaired) electrons. The Kier molecular flexibility index (Phi) is 4.41. The first-order valence-electron chi connectivity index (χ1n) is 7.55. The van der Waals surface area contributed by atoms with Crippen LogP contribution < -0.4 is 0 Å². The Bertz CT molecular complexity index is 653. The van der Waals surface area contributed by atoms with E-state index in [-0.39, 0.29) is 5.02 Å². The topological polar surface area (TPSA) is 17.8 Å². The van der Waals surface area contributed by atoms with Gasteiger partial charge in [-0.25, -0.2) is 9.37 Å². The van der Waals surface area contributed by atoms with Crippen molar-refractivity contribution in [3.63, 3.8) is 0 Å². The van der Waals surface area contributed by atoms with Crippen molar-refractivity contribution < 1.29 is 4.39 Å². The first kappa shape index (κ1) is 15.1. The highest BCUT2D eigenvalue weighted by Gasteiger charge is 2.26. The Morgan fingerprint density at radius 2 is 2.19 bits per heavy atom. The minimum absolute atomic E-state index is 0.114. The molecular formula is C16H19Cl2FN2. The van der Waals surface area contributed by atoms with Gasteiger partial charge in [0.05, 0.1) is 21.9 Å². The maximum Gasteiger partial charge on any atom is 0.144 e. The molecule has 1 saturated carbocycles. The zero-order valence-corrected chi connectivity index (χ0v) is 13.6. The number of imidazole rings is 1. The third-order valence-corrected chi connectivity index (χ3v) is 5.15. The summed E-state index contributed by atoms with van der Waals surface area (Å²) >= 11 is 11.9. The second kappa shape index (κ2) is 6.13. The Labute approximate surface area is 134 Å². The summed E-state index contributed by atoms with van der Waals surface area (Å²) in [6.45, 7) is 2.24. The lowest BCUT2D eigenvalue weighted by Gasteiger charge is -2.30. The molecule has 0 aliphatic heterocycles. The summed E-state index contributed by atoms with van der Waals surface area (Å²) in [6, 6.07) is 3.46. The van der Waals surface area contributed by atoms with Gasteiger partial charge in [-0.05, 0) is 24.8 Å². The number of hydrogen-bond acceptors (Lipinski definition) is 1. The number of rotatable bonds is 3. The smallest absolute Gasteiger partial charge is 0.144 e. The third-order valence-electron chi connectivity index (χ3n) is 4.62. The van der Waals surface area contributed by atoms with Crippen LogP contribution in [0.5, 0.6) is 0 Å². The van der Waals surface area contributed by atoms with Crippen LogP contribution in [0.4, 0.5) is 4.39 Å². The van der Waals surface area contributed by atoms with Gasteiger partial charge in [0.15, 0.2) is 0 Å². The number of hydrogen-bond donors (Lipinski definition) is 0. The van der Waals surface area contributed by atoms with Crippen LogP contribution in [0.2, 0.25) is 5.02 Å². The van der Waals surface area contributed by atoms with Crippen molar-refractivity contribution in [2.45, 2.75) is 50.9 Å². The fourth-order valence-electron chi connectivity index (χ4n) is 3.51. The van der Waals surface area contributed by atoms with E-state index in [9.17, 15) is 4.39 Å². The Balaban J connectivity index is 2.09. The summed E-state index contributed by atoms with van der Waals surface area (Å²) in [5, 5.41) is 0.114. The van der Waals surface area contributed by atoms with E-state index in [4.69, 9.17) is 23.2 Å². The van der Waals surface area contributed by atoms with Gasteiger partial charge in [0.1, 0.15) is 11.6 Å². The minimum Gasteiger partial charge on any atom is -0.324 e. The minimum atomic E-state index is -0.394. The molecule has 1 aromatic heterocycles. The number of halogens is 3. The van der Waals surface area contributed by atoms with Crippen molar-refractivity contribution in [3.05, 3.63) is 28.8 Å². The standard InChI is InChI=1S/C16H19Cl2FN2/c1-2-10-4-3-5-11(6-10)21-15-8-13(19)12(18)7-14(15)20-16(21)9-17/h7-8,10-11H,2-6,9H2,1H3. The lowest BCUT2D eigenvalue weighted by Crippen LogP contribution is -2.20. The van der Waals surface area contributed by atoms with Crippen molar-refractivity contribution in [2.75, 3.05) is 0 Å². The van der Waals surface area contributed by atoms with Gasteiger partial charge >= 0.3 is 0 Å². The van der Waals surface area contributed by atoms with Gasteiger partial charge < -0.3 is 4.57 Å². The van der Waals surface area contributed by atoms with Crippen LogP contribution in [0, 0.1) is 11.7 Å². The van der Waals surface area contributed by atoms with E-state index < -0.39 is 5.82 Å². The van der Waals surface area contributed by atoms with E-state index >= 15 is 0 Å².